The number of nitro benzene ring substituents is 1. The van der Waals surface area contributed by atoms with Crippen LogP contribution >= 0.6 is 0 Å². The van der Waals surface area contributed by atoms with Crippen molar-refractivity contribution >= 4 is 5.69 Å². The molecule has 1 unspecified atom stereocenters. The topological polar surface area (TPSA) is 117 Å². The van der Waals surface area contributed by atoms with Crippen molar-refractivity contribution < 1.29 is 14.4 Å². The maximum absolute atomic E-state index is 14.0. The highest BCUT2D eigenvalue weighted by molar-refractivity contribution is 5.66. The predicted molar refractivity (Wildman–Crippen MR) is 140 cm³/mol. The lowest BCUT2D eigenvalue weighted by molar-refractivity contribution is -0.385. The third-order valence-electron chi connectivity index (χ3n) is 6.78. The van der Waals surface area contributed by atoms with Crippen molar-refractivity contribution in [3.05, 3.63) is 121 Å². The van der Waals surface area contributed by atoms with Crippen LogP contribution in [-0.4, -0.2) is 31.6 Å². The van der Waals surface area contributed by atoms with E-state index in [1.165, 1.54) is 23.9 Å². The SMILES string of the molecule is COc1cc([N+](=O)[O-])cc2c1Oc1c(c(C)nn1-c1ccccc1)C2c1c(C)[nH]n(-c2ccccc2)c1=O. The van der Waals surface area contributed by atoms with E-state index in [1.807, 2.05) is 74.5 Å². The lowest BCUT2D eigenvalue weighted by Gasteiger charge is -2.27. The maximum atomic E-state index is 14.0. The molecule has 0 bridgehead atoms. The number of nitrogens with zero attached hydrogens (tertiary/aromatic N) is 4. The molecule has 0 aliphatic carbocycles. The van der Waals surface area contributed by atoms with E-state index < -0.39 is 10.8 Å². The van der Waals surface area contributed by atoms with Crippen LogP contribution in [0.4, 0.5) is 5.69 Å². The molecule has 2 aromatic heterocycles. The highest BCUT2D eigenvalue weighted by Gasteiger charge is 2.40. The van der Waals surface area contributed by atoms with Gasteiger partial charge in [0.05, 0.1) is 52.2 Å². The molecule has 0 spiro atoms. The Morgan fingerprint density at radius 1 is 1.00 bits per heavy atom. The predicted octanol–water partition coefficient (Wildman–Crippen LogP) is 5.17. The number of hydrogen-bond acceptors (Lipinski definition) is 6. The van der Waals surface area contributed by atoms with Crippen molar-refractivity contribution in [2.75, 3.05) is 7.11 Å². The second kappa shape index (κ2) is 8.77. The molecule has 0 fully saturated rings. The Labute approximate surface area is 216 Å². The van der Waals surface area contributed by atoms with Gasteiger partial charge in [-0.05, 0) is 38.1 Å². The second-order valence-electron chi connectivity index (χ2n) is 9.04. The summed E-state index contributed by atoms with van der Waals surface area (Å²) >= 11 is 0. The highest BCUT2D eigenvalue weighted by Crippen LogP contribution is 2.53. The lowest BCUT2D eigenvalue weighted by Crippen LogP contribution is -2.23. The smallest absolute Gasteiger partial charge is 0.275 e. The molecule has 0 amide bonds. The molecule has 10 nitrogen and oxygen atoms in total. The molecule has 3 heterocycles. The number of rotatable bonds is 5. The number of non-ortho nitro benzene ring substituents is 1. The number of para-hydroxylation sites is 2. The Kier molecular flexibility index (Phi) is 5.37. The molecule has 1 atom stereocenters. The third kappa shape index (κ3) is 3.49. The molecular formula is C28H23N5O5. The molecule has 3 aromatic carbocycles. The molecule has 1 aliphatic rings. The Hall–Kier alpha value is -5.12. The minimum atomic E-state index is -0.700. The number of methoxy groups -OCH3 is 1. The first-order valence-electron chi connectivity index (χ1n) is 11.9. The van der Waals surface area contributed by atoms with Crippen molar-refractivity contribution in [3.8, 4) is 28.8 Å². The number of nitrogens with one attached hydrogen (secondary N) is 1. The van der Waals surface area contributed by atoms with Crippen LogP contribution in [0.25, 0.3) is 11.4 Å². The van der Waals surface area contributed by atoms with Crippen LogP contribution in [0, 0.1) is 24.0 Å². The monoisotopic (exact) mass is 509 g/mol. The highest BCUT2D eigenvalue weighted by atomic mass is 16.6. The fourth-order valence-electron chi connectivity index (χ4n) is 5.09. The van der Waals surface area contributed by atoms with Crippen LogP contribution in [0.3, 0.4) is 0 Å². The van der Waals surface area contributed by atoms with Gasteiger partial charge in [-0.3, -0.25) is 20.0 Å². The van der Waals surface area contributed by atoms with Crippen LogP contribution in [0.1, 0.15) is 34.0 Å². The molecule has 0 saturated carbocycles. The number of nitro groups is 1. The second-order valence-corrected chi connectivity index (χ2v) is 9.04. The third-order valence-corrected chi connectivity index (χ3v) is 6.78. The van der Waals surface area contributed by atoms with Gasteiger partial charge in [0.25, 0.3) is 11.2 Å². The van der Waals surface area contributed by atoms with Crippen LogP contribution < -0.4 is 15.0 Å². The van der Waals surface area contributed by atoms with E-state index in [1.54, 1.807) is 4.68 Å². The van der Waals surface area contributed by atoms with E-state index in [0.717, 1.165) is 5.69 Å². The fourth-order valence-corrected chi connectivity index (χ4v) is 5.09. The Balaban J connectivity index is 1.68. The Morgan fingerprint density at radius 2 is 1.66 bits per heavy atom. The van der Waals surface area contributed by atoms with E-state index in [9.17, 15) is 14.9 Å². The van der Waals surface area contributed by atoms with Gasteiger partial charge in [-0.2, -0.15) is 5.10 Å². The molecule has 10 heteroatoms. The molecule has 0 radical (unpaired) electrons. The Bertz CT molecular complexity index is 1750. The van der Waals surface area contributed by atoms with Crippen molar-refractivity contribution in [2.24, 2.45) is 0 Å². The summed E-state index contributed by atoms with van der Waals surface area (Å²) in [5, 5.41) is 19.8. The van der Waals surface area contributed by atoms with Crippen molar-refractivity contribution in [1.29, 1.82) is 0 Å². The van der Waals surface area contributed by atoms with Gasteiger partial charge in [-0.25, -0.2) is 9.36 Å². The summed E-state index contributed by atoms with van der Waals surface area (Å²) < 4.78 is 15.1. The number of hydrogen-bond donors (Lipinski definition) is 1. The summed E-state index contributed by atoms with van der Waals surface area (Å²) in [6.07, 6.45) is 0. The molecule has 190 valence electrons. The number of H-pyrrole nitrogens is 1. The lowest BCUT2D eigenvalue weighted by atomic mass is 9.83. The molecule has 0 saturated heterocycles. The zero-order chi connectivity index (χ0) is 26.6. The number of aryl methyl sites for hydroxylation is 2. The van der Waals surface area contributed by atoms with Crippen LogP contribution in [0.2, 0.25) is 0 Å². The van der Waals surface area contributed by atoms with Gasteiger partial charge in [0, 0.05) is 17.3 Å². The summed E-state index contributed by atoms with van der Waals surface area (Å²) in [5.41, 5.74) is 3.83. The molecule has 1 aliphatic heterocycles. The molecule has 38 heavy (non-hydrogen) atoms. The van der Waals surface area contributed by atoms with Crippen molar-refractivity contribution in [1.82, 2.24) is 19.6 Å². The quantitative estimate of drug-likeness (QED) is 0.253. The summed E-state index contributed by atoms with van der Waals surface area (Å²) in [5.74, 6) is 0.220. The summed E-state index contributed by atoms with van der Waals surface area (Å²) in [6.45, 7) is 3.66. The van der Waals surface area contributed by atoms with E-state index in [-0.39, 0.29) is 17.0 Å². The summed E-state index contributed by atoms with van der Waals surface area (Å²) in [7, 11) is 1.43. The number of aromatic amines is 1. The first-order chi connectivity index (χ1) is 18.4. The zero-order valence-corrected chi connectivity index (χ0v) is 20.8. The minimum absolute atomic E-state index is 0.165. The van der Waals surface area contributed by atoms with Gasteiger partial charge in [0.1, 0.15) is 0 Å². The largest absolute Gasteiger partial charge is 0.493 e. The van der Waals surface area contributed by atoms with Gasteiger partial charge in [0.15, 0.2) is 11.5 Å². The van der Waals surface area contributed by atoms with Crippen molar-refractivity contribution in [2.45, 2.75) is 19.8 Å². The fraction of sp³-hybridized carbons (Fsp3) is 0.143. The summed E-state index contributed by atoms with van der Waals surface area (Å²) in [6, 6.07) is 21.5. The van der Waals surface area contributed by atoms with Gasteiger partial charge >= 0.3 is 0 Å². The van der Waals surface area contributed by atoms with Crippen LogP contribution in [-0.2, 0) is 0 Å². The Morgan fingerprint density at radius 3 is 2.29 bits per heavy atom. The van der Waals surface area contributed by atoms with Gasteiger partial charge in [0.2, 0.25) is 5.88 Å². The molecular weight excluding hydrogens is 486 g/mol. The van der Waals surface area contributed by atoms with E-state index in [0.29, 0.717) is 45.4 Å². The molecule has 6 rings (SSSR count). The van der Waals surface area contributed by atoms with Crippen molar-refractivity contribution in [3.63, 3.8) is 0 Å². The average Bonchev–Trinajstić information content (AvgIpc) is 3.42. The van der Waals surface area contributed by atoms with Crippen LogP contribution in [0.5, 0.6) is 17.4 Å². The normalized spacial score (nSPS) is 13.9. The van der Waals surface area contributed by atoms with Gasteiger partial charge < -0.3 is 9.47 Å². The number of aromatic nitrogens is 4. The first-order valence-corrected chi connectivity index (χ1v) is 11.9. The van der Waals surface area contributed by atoms with Gasteiger partial charge in [-0.1, -0.05) is 36.4 Å². The van der Waals surface area contributed by atoms with E-state index in [4.69, 9.17) is 14.6 Å². The standard InChI is InChI=1S/C28H23N5O5/c1-16-23(27(34)31(29-16)18-10-6-4-7-11-18)25-21-14-20(33(35)36)15-22(37-3)26(21)38-28-24(25)17(2)30-32(28)19-12-8-5-9-13-19/h4-15,25,29H,1-3H3. The van der Waals surface area contributed by atoms with E-state index >= 15 is 0 Å². The number of fused-ring (bicyclic) bond motifs is 2. The minimum Gasteiger partial charge on any atom is -0.493 e. The van der Waals surface area contributed by atoms with Crippen LogP contribution in [0.15, 0.2) is 77.6 Å². The number of ether oxygens (including phenoxy) is 2. The first kappa shape index (κ1) is 23.3. The zero-order valence-electron chi connectivity index (χ0n) is 20.8. The maximum Gasteiger partial charge on any atom is 0.275 e. The number of benzene rings is 3. The van der Waals surface area contributed by atoms with Gasteiger partial charge in [-0.15, -0.1) is 0 Å². The average molecular weight is 510 g/mol. The molecule has 5 aromatic rings. The summed E-state index contributed by atoms with van der Waals surface area (Å²) in [4.78, 5) is 25.3. The van der Waals surface area contributed by atoms with E-state index in [2.05, 4.69) is 5.10 Å². The molecule has 1 N–H and O–H groups in total.